The van der Waals surface area contributed by atoms with Crippen LogP contribution in [0.3, 0.4) is 0 Å². The number of aromatic nitrogens is 6. The monoisotopic (exact) mass is 1170 g/mol. The van der Waals surface area contributed by atoms with Crippen LogP contribution in [0.1, 0.15) is 72.5 Å². The van der Waals surface area contributed by atoms with Gasteiger partial charge in [-0.2, -0.15) is 0 Å². The van der Waals surface area contributed by atoms with Crippen molar-refractivity contribution in [1.82, 2.24) is 15.0 Å². The Morgan fingerprint density at radius 3 is 1.42 bits per heavy atom. The standard InChI is InChI=1S/C25H25BN3O.2C24H23BN3O/c1-16-13-18(3)27-25-23(16)20-11-12-29(26(4)24(20)30-25)22-14-21(17(2)15-28(22)5)19-9-7-6-8-10-19;1-16-14-17(2)26-24-22(16)20-11-13-28(25(3)23(20)29-24)21-15-19(10-12-27(21)4)18-8-6-5-7-9-18;1-16-14-22(27(4)15-21(16)18-8-6-5-7-9-18)28-13-12-19-20-11-10-17(2)26-24(20)29-23(19)25(28)3/h6-15H,1-5H3;2*5-15H,1-4H3/q3*+1/i2D3,3D3;2*2D3. The zero-order chi connectivity index (χ0) is 71.2. The molecule has 0 spiro atoms. The van der Waals surface area contributed by atoms with Crippen LogP contribution in [0.4, 0.5) is 17.5 Å². The highest BCUT2D eigenvalue weighted by Gasteiger charge is 2.41. The van der Waals surface area contributed by atoms with Gasteiger partial charge in [-0.05, 0) is 167 Å². The number of aryl methyl sites for hydroxylation is 10. The molecule has 0 N–H and O–H groups in total. The Labute approximate surface area is 533 Å². The average molecular weight is 1170 g/mol. The molecule has 0 bridgehead atoms. The molecule has 9 aromatic heterocycles. The maximum absolute atomic E-state index is 8.08. The molecule has 15 heteroatoms. The number of pyridine rings is 6. The van der Waals surface area contributed by atoms with E-state index in [2.05, 4.69) is 122 Å². The molecule has 0 unspecified atom stereocenters. The van der Waals surface area contributed by atoms with Crippen LogP contribution in [0.15, 0.2) is 190 Å². The van der Waals surface area contributed by atoms with Crippen LogP contribution in [-0.2, 0) is 21.1 Å². The van der Waals surface area contributed by atoms with Gasteiger partial charge in [-0.1, -0.05) is 91.0 Å². The predicted molar refractivity (Wildman–Crippen MR) is 363 cm³/mol. The molecule has 432 valence electrons. The fraction of sp³-hybridized carbons (Fsp3) is 0.178. The topological polar surface area (TPSA) is 99.5 Å². The fourth-order valence-corrected chi connectivity index (χ4v) is 12.4. The van der Waals surface area contributed by atoms with Crippen LogP contribution in [0.2, 0.25) is 20.5 Å². The highest BCUT2D eigenvalue weighted by Crippen LogP contribution is 2.34. The van der Waals surface area contributed by atoms with Gasteiger partial charge < -0.3 is 13.3 Å². The zero-order valence-electron chi connectivity index (χ0n) is 62.5. The van der Waals surface area contributed by atoms with Crippen molar-refractivity contribution in [3.8, 4) is 33.4 Å². The first-order valence-electron chi connectivity index (χ1n) is 35.3. The van der Waals surface area contributed by atoms with Crippen molar-refractivity contribution in [2.45, 2.75) is 68.6 Å². The molecule has 12 nitrogen and oxygen atoms in total. The maximum atomic E-state index is 8.08. The molecule has 3 aliphatic rings. The SMILES string of the molecule is [2H]C([2H])([2H])c1cc(C)c2c3c(oc2n1)B(C)N(c1cc(-c2ccccc2)c(C([2H])([2H])[2H])c[n+]1C)C=C3.[2H]C([2H])([2H])c1cc(C)c2c3c(oc2n1)B(C)N(c1cc(-c2ccccc2)cc[n+]1C)C=C3.[2H]C([2H])([2H])c1ccc2c3c(oc2n1)B(C)N(c1cc(C)c(-c2ccccc2)c[n+]1C)C=C3. The number of nitrogens with zero attached hydrogens (tertiary/aromatic N) is 9. The molecule has 12 aromatic rings. The van der Waals surface area contributed by atoms with E-state index in [1.54, 1.807) is 35.0 Å². The van der Waals surface area contributed by atoms with Crippen molar-refractivity contribution in [1.29, 1.82) is 0 Å². The normalized spacial score (nSPS) is 15.8. The van der Waals surface area contributed by atoms with Crippen LogP contribution in [0.25, 0.3) is 84.9 Å². The van der Waals surface area contributed by atoms with Gasteiger partial charge in [-0.15, -0.1) is 0 Å². The summed E-state index contributed by atoms with van der Waals surface area (Å²) in [6, 6.07) is 45.0. The van der Waals surface area contributed by atoms with E-state index < -0.39 is 27.4 Å². The number of hydrogen-bond donors (Lipinski definition) is 0. The Hall–Kier alpha value is -10.0. The lowest BCUT2D eigenvalue weighted by atomic mass is 9.57. The van der Waals surface area contributed by atoms with Crippen molar-refractivity contribution < 1.29 is 43.4 Å². The fourth-order valence-electron chi connectivity index (χ4n) is 12.4. The van der Waals surface area contributed by atoms with Gasteiger partial charge in [0.05, 0.1) is 69.1 Å². The highest BCUT2D eigenvalue weighted by atomic mass is 16.4. The molecule has 3 aliphatic heterocycles. The molecule has 0 atom stereocenters. The van der Waals surface area contributed by atoms with E-state index in [0.717, 1.165) is 89.4 Å². The largest absolute Gasteiger partial charge is 0.447 e. The number of rotatable bonds is 6. The highest BCUT2D eigenvalue weighted by molar-refractivity contribution is 6.77. The summed E-state index contributed by atoms with van der Waals surface area (Å²) in [5, 5.41) is 2.50. The molecule has 3 aromatic carbocycles. The van der Waals surface area contributed by atoms with E-state index in [9.17, 15) is 0 Å². The van der Waals surface area contributed by atoms with Gasteiger partial charge in [0.25, 0.3) is 17.5 Å². The second-order valence-electron chi connectivity index (χ2n) is 22.8. The van der Waals surface area contributed by atoms with Gasteiger partial charge in [0.15, 0.2) is 0 Å². The predicted octanol–water partition coefficient (Wildman–Crippen LogP) is 13.1. The molecule has 0 aliphatic carbocycles. The van der Waals surface area contributed by atoms with Crippen LogP contribution in [-0.4, -0.2) is 35.5 Å². The summed E-state index contributed by atoms with van der Waals surface area (Å²) < 4.78 is 118. The van der Waals surface area contributed by atoms with Gasteiger partial charge in [0.1, 0.15) is 17.0 Å². The Morgan fingerprint density at radius 2 is 0.875 bits per heavy atom. The lowest BCUT2D eigenvalue weighted by Crippen LogP contribution is -2.50. The zero-order valence-corrected chi connectivity index (χ0v) is 50.5. The first-order chi connectivity index (χ1) is 47.3. The summed E-state index contributed by atoms with van der Waals surface area (Å²) in [6.07, 6.45) is 17.9. The number of furan rings is 3. The minimum atomic E-state index is -2.33. The minimum Gasteiger partial charge on any atom is -0.447 e. The number of hydrogen-bond acceptors (Lipinski definition) is 9. The summed E-state index contributed by atoms with van der Waals surface area (Å²) in [5.41, 5.74) is 15.4. The summed E-state index contributed by atoms with van der Waals surface area (Å²) in [7, 11) is 5.88. The molecule has 15 rings (SSSR count). The van der Waals surface area contributed by atoms with E-state index >= 15 is 0 Å². The first kappa shape index (κ1) is 44.4. The molecule has 12 heterocycles. The molecule has 0 saturated carbocycles. The van der Waals surface area contributed by atoms with E-state index in [-0.39, 0.29) is 43.2 Å². The lowest BCUT2D eigenvalue weighted by molar-refractivity contribution is -0.658. The van der Waals surface area contributed by atoms with E-state index in [1.165, 1.54) is 16.7 Å². The van der Waals surface area contributed by atoms with Gasteiger partial charge in [0.2, 0.25) is 17.1 Å². The third-order valence-electron chi connectivity index (χ3n) is 17.0. The van der Waals surface area contributed by atoms with Crippen LogP contribution >= 0.6 is 0 Å². The quantitative estimate of drug-likeness (QED) is 0.119. The number of anilines is 3. The third-order valence-corrected chi connectivity index (χ3v) is 17.0. The Bertz CT molecular complexity index is 5270. The van der Waals surface area contributed by atoms with Crippen molar-refractivity contribution in [2.24, 2.45) is 21.1 Å². The van der Waals surface area contributed by atoms with Crippen molar-refractivity contribution in [3.05, 3.63) is 233 Å². The molecular formula is C73H71B3N9O3+3. The molecule has 0 amide bonds. The summed E-state index contributed by atoms with van der Waals surface area (Å²) in [4.78, 5) is 19.3. The van der Waals surface area contributed by atoms with E-state index in [4.69, 9.17) is 29.7 Å². The van der Waals surface area contributed by atoms with Gasteiger partial charge in [0, 0.05) is 79.4 Å². The lowest BCUT2D eigenvalue weighted by Gasteiger charge is -2.22. The van der Waals surface area contributed by atoms with Gasteiger partial charge in [-0.25, -0.2) is 28.7 Å². The smallest absolute Gasteiger partial charge is 0.447 e. The van der Waals surface area contributed by atoms with Gasteiger partial charge >= 0.3 is 20.5 Å². The second kappa shape index (κ2) is 23.0. The minimum absolute atomic E-state index is 0.00578. The van der Waals surface area contributed by atoms with E-state index in [0.29, 0.717) is 28.4 Å². The Balaban J connectivity index is 0.000000135. The molecule has 0 radical (unpaired) electrons. The Morgan fingerprint density at radius 1 is 0.409 bits per heavy atom. The van der Waals surface area contributed by atoms with Crippen molar-refractivity contribution in [2.75, 3.05) is 14.4 Å². The Kier molecular flexibility index (Phi) is 11.6. The van der Waals surface area contributed by atoms with Gasteiger partial charge in [-0.3, -0.25) is 14.4 Å². The first-order valence-corrected chi connectivity index (χ1v) is 29.3. The number of benzene rings is 3. The number of fused-ring (bicyclic) bond motifs is 9. The molecule has 0 fully saturated rings. The summed E-state index contributed by atoms with van der Waals surface area (Å²) in [6.45, 7) is 2.49. The van der Waals surface area contributed by atoms with Crippen molar-refractivity contribution in [3.63, 3.8) is 0 Å². The summed E-state index contributed by atoms with van der Waals surface area (Å²) in [5.74, 6) is 2.84. The van der Waals surface area contributed by atoms with Crippen molar-refractivity contribution >= 4 is 107 Å². The van der Waals surface area contributed by atoms with E-state index in [1.807, 2.05) is 144 Å². The molecule has 0 saturated heterocycles. The van der Waals surface area contributed by atoms with Crippen LogP contribution < -0.4 is 45.1 Å². The maximum Gasteiger partial charge on any atom is 0.447 e. The average Bonchev–Trinajstić information content (AvgIpc) is 1.56. The van der Waals surface area contributed by atoms with Crippen LogP contribution in [0.5, 0.6) is 0 Å². The second-order valence-corrected chi connectivity index (χ2v) is 22.8. The summed E-state index contributed by atoms with van der Waals surface area (Å²) >= 11 is 0. The molecule has 88 heavy (non-hydrogen) atoms. The third kappa shape index (κ3) is 10.4. The van der Waals surface area contributed by atoms with Crippen LogP contribution in [0, 0.1) is 48.2 Å². The molecular weight excluding hydrogens is 1080 g/mol.